The first-order chi connectivity index (χ1) is 31.6. The summed E-state index contributed by atoms with van der Waals surface area (Å²) in [6.07, 6.45) is 20.7. The molecule has 7 aliphatic rings. The molecule has 15 rings (SSSR count). The summed E-state index contributed by atoms with van der Waals surface area (Å²) >= 11 is 0. The molecular formula is C58H44N6. The number of likely N-dealkylation sites (N-methyl/N-ethyl adjacent to an activating group) is 1. The number of para-hydroxylation sites is 1. The van der Waals surface area contributed by atoms with Gasteiger partial charge in [0.1, 0.15) is 0 Å². The van der Waals surface area contributed by atoms with Gasteiger partial charge < -0.3 is 24.7 Å². The molecule has 1 spiro atoms. The normalized spacial score (nSPS) is 21.8. The summed E-state index contributed by atoms with van der Waals surface area (Å²) in [7, 11) is 2.13. The quantitative estimate of drug-likeness (QED) is 0.137. The maximum absolute atomic E-state index is 3.83. The highest BCUT2D eigenvalue weighted by Crippen LogP contribution is 2.63. The lowest BCUT2D eigenvalue weighted by Crippen LogP contribution is -2.33. The number of allylic oxidation sites excluding steroid dienone is 5. The van der Waals surface area contributed by atoms with Gasteiger partial charge in [0.25, 0.3) is 0 Å². The van der Waals surface area contributed by atoms with Crippen molar-refractivity contribution in [1.29, 1.82) is 0 Å². The molecule has 0 radical (unpaired) electrons. The number of hydrogen-bond donors (Lipinski definition) is 2. The van der Waals surface area contributed by atoms with Crippen LogP contribution in [0.3, 0.4) is 0 Å². The van der Waals surface area contributed by atoms with Crippen LogP contribution in [0.1, 0.15) is 22.3 Å². The van der Waals surface area contributed by atoms with Crippen LogP contribution in [-0.2, 0) is 5.41 Å². The minimum atomic E-state index is -0.449. The molecule has 6 heteroatoms. The summed E-state index contributed by atoms with van der Waals surface area (Å²) in [6, 6.07) is 47.1. The van der Waals surface area contributed by atoms with Gasteiger partial charge in [0.05, 0.1) is 33.5 Å². The number of benzene rings is 6. The third-order valence-corrected chi connectivity index (χ3v) is 15.4. The maximum atomic E-state index is 3.83. The molecule has 2 N–H and O–H groups in total. The van der Waals surface area contributed by atoms with Crippen LogP contribution in [0.4, 0.5) is 0 Å². The second kappa shape index (κ2) is 12.6. The summed E-state index contributed by atoms with van der Waals surface area (Å²) in [4.78, 5) is 4.78. The van der Waals surface area contributed by atoms with E-state index in [1.165, 1.54) is 117 Å². The number of aromatic nitrogens is 2. The second-order valence-corrected chi connectivity index (χ2v) is 18.6. The first-order valence-corrected chi connectivity index (χ1v) is 22.8. The van der Waals surface area contributed by atoms with Gasteiger partial charge in [-0.05, 0) is 123 Å². The SMILES string of the molecule is CN1C=CC(C2=CC(n3c4cc5c(cc4c4c3ccc3c6ccccc6n(C6=CC=CNC6C6=CC7CN7C6)c34)-c3ccccc3C53c4ccccc4-c4ccccc43)=CCN2)=CC1. The fourth-order valence-electron chi connectivity index (χ4n) is 12.6. The molecule has 5 aliphatic heterocycles. The lowest BCUT2D eigenvalue weighted by Gasteiger charge is -2.30. The third kappa shape index (κ3) is 4.48. The molecule has 2 aliphatic carbocycles. The predicted octanol–water partition coefficient (Wildman–Crippen LogP) is 10.9. The standard InChI is InChI=1S/C58H44N6/c1-61-27-23-35(24-28-61)50-30-37(22-26-59-50)63-52-21-20-43-42-14-5-9-18-51(42)64(53-19-10-25-60-56(53)36-29-38-34-62(38)33-36)57(43)55(52)45-31-44-41-13-4-8-17-48(41)58(49(44)32-54(45)63)46-15-6-2-11-39(46)40-12-3-7-16-47(40)58/h2-25,27,29-32,38,56,59-60H,26,28,33-34H2,1H3. The van der Waals surface area contributed by atoms with E-state index in [-0.39, 0.29) is 6.04 Å². The van der Waals surface area contributed by atoms with Crippen molar-refractivity contribution < 1.29 is 0 Å². The Bertz CT molecular complexity index is 3620. The highest BCUT2D eigenvalue weighted by atomic mass is 15.3. The van der Waals surface area contributed by atoms with E-state index >= 15 is 0 Å². The van der Waals surface area contributed by atoms with E-state index in [0.29, 0.717) is 6.04 Å². The third-order valence-electron chi connectivity index (χ3n) is 15.4. The lowest BCUT2D eigenvalue weighted by molar-refractivity contribution is 0.502. The molecule has 6 aromatic carbocycles. The number of nitrogens with one attached hydrogen (secondary N) is 2. The Morgan fingerprint density at radius 3 is 2.17 bits per heavy atom. The molecule has 6 nitrogen and oxygen atoms in total. The van der Waals surface area contributed by atoms with Gasteiger partial charge in [-0.2, -0.15) is 0 Å². The monoisotopic (exact) mass is 824 g/mol. The summed E-state index contributed by atoms with van der Waals surface area (Å²) in [5.41, 5.74) is 21.5. The minimum Gasteiger partial charge on any atom is -0.381 e. The molecule has 0 bridgehead atoms. The summed E-state index contributed by atoms with van der Waals surface area (Å²) in [6.45, 7) is 3.82. The zero-order valence-corrected chi connectivity index (χ0v) is 35.5. The molecule has 306 valence electrons. The van der Waals surface area contributed by atoms with E-state index in [9.17, 15) is 0 Å². The Morgan fingerprint density at radius 2 is 1.42 bits per heavy atom. The summed E-state index contributed by atoms with van der Waals surface area (Å²) in [5, 5.41) is 12.7. The van der Waals surface area contributed by atoms with Crippen molar-refractivity contribution in [3.8, 4) is 22.3 Å². The minimum absolute atomic E-state index is 0.0763. The Balaban J connectivity index is 1.08. The van der Waals surface area contributed by atoms with Crippen LogP contribution in [0.5, 0.6) is 0 Å². The van der Waals surface area contributed by atoms with Gasteiger partial charge in [-0.3, -0.25) is 4.90 Å². The molecule has 3 atom stereocenters. The first kappa shape index (κ1) is 35.0. The van der Waals surface area contributed by atoms with E-state index < -0.39 is 5.41 Å². The van der Waals surface area contributed by atoms with E-state index in [0.717, 1.165) is 25.3 Å². The van der Waals surface area contributed by atoms with E-state index in [1.807, 2.05) is 0 Å². The maximum Gasteiger partial charge on any atom is 0.0891 e. The average molecular weight is 825 g/mol. The van der Waals surface area contributed by atoms with Crippen molar-refractivity contribution in [3.05, 3.63) is 215 Å². The highest BCUT2D eigenvalue weighted by molar-refractivity contribution is 6.27. The number of fused-ring (bicyclic) bond motifs is 18. The molecule has 8 aromatic rings. The van der Waals surface area contributed by atoms with E-state index in [1.54, 1.807) is 0 Å². The molecule has 3 unspecified atom stereocenters. The van der Waals surface area contributed by atoms with Gasteiger partial charge in [-0.1, -0.05) is 109 Å². The second-order valence-electron chi connectivity index (χ2n) is 18.6. The molecule has 0 amide bonds. The summed E-state index contributed by atoms with van der Waals surface area (Å²) in [5.74, 6) is 0. The molecule has 64 heavy (non-hydrogen) atoms. The highest BCUT2D eigenvalue weighted by Gasteiger charge is 2.52. The number of dihydropyridines is 2. The van der Waals surface area contributed by atoms with Crippen LogP contribution >= 0.6 is 0 Å². The molecule has 1 saturated heterocycles. The van der Waals surface area contributed by atoms with Crippen LogP contribution in [0.2, 0.25) is 0 Å². The van der Waals surface area contributed by atoms with Gasteiger partial charge in [-0.15, -0.1) is 0 Å². The van der Waals surface area contributed by atoms with Crippen LogP contribution in [0.25, 0.3) is 77.3 Å². The fourth-order valence-corrected chi connectivity index (χ4v) is 12.6. The van der Waals surface area contributed by atoms with Crippen LogP contribution in [-0.4, -0.2) is 64.2 Å². The van der Waals surface area contributed by atoms with Crippen LogP contribution in [0.15, 0.2) is 193 Å². The van der Waals surface area contributed by atoms with Crippen molar-refractivity contribution in [2.45, 2.75) is 17.5 Å². The van der Waals surface area contributed by atoms with Crippen LogP contribution < -0.4 is 10.6 Å². The largest absolute Gasteiger partial charge is 0.381 e. The van der Waals surface area contributed by atoms with Gasteiger partial charge in [-0.25, -0.2) is 0 Å². The number of rotatable bonds is 4. The Hall–Kier alpha value is -7.54. The summed E-state index contributed by atoms with van der Waals surface area (Å²) < 4.78 is 5.19. The van der Waals surface area contributed by atoms with Crippen molar-refractivity contribution in [2.24, 2.45) is 0 Å². The fraction of sp³-hybridized carbons (Fsp3) is 0.138. The number of nitrogens with zero attached hydrogens (tertiary/aromatic N) is 4. The van der Waals surface area contributed by atoms with E-state index in [4.69, 9.17) is 0 Å². The predicted molar refractivity (Wildman–Crippen MR) is 263 cm³/mol. The Labute approximate surface area is 371 Å². The Kier molecular flexibility index (Phi) is 6.86. The molecule has 0 saturated carbocycles. The lowest BCUT2D eigenvalue weighted by atomic mass is 9.70. The van der Waals surface area contributed by atoms with Crippen molar-refractivity contribution in [1.82, 2.24) is 29.6 Å². The topological polar surface area (TPSA) is 40.2 Å². The Morgan fingerprint density at radius 1 is 0.672 bits per heavy atom. The molecular weight excluding hydrogens is 781 g/mol. The number of hydrogen-bond acceptors (Lipinski definition) is 4. The molecule has 7 heterocycles. The smallest absolute Gasteiger partial charge is 0.0891 e. The van der Waals surface area contributed by atoms with Crippen LogP contribution in [0, 0.1) is 0 Å². The average Bonchev–Trinajstić information content (AvgIpc) is 3.68. The molecule has 2 aromatic heterocycles. The van der Waals surface area contributed by atoms with Gasteiger partial charge in [0.15, 0.2) is 0 Å². The van der Waals surface area contributed by atoms with Gasteiger partial charge in [0.2, 0.25) is 0 Å². The van der Waals surface area contributed by atoms with Crippen molar-refractivity contribution in [2.75, 3.05) is 33.2 Å². The van der Waals surface area contributed by atoms with Gasteiger partial charge >= 0.3 is 0 Å². The van der Waals surface area contributed by atoms with Gasteiger partial charge in [0, 0.05) is 77.9 Å². The van der Waals surface area contributed by atoms with Crippen molar-refractivity contribution in [3.63, 3.8) is 0 Å². The zero-order chi connectivity index (χ0) is 41.8. The van der Waals surface area contributed by atoms with E-state index in [2.05, 4.69) is 213 Å². The van der Waals surface area contributed by atoms with Crippen molar-refractivity contribution >= 4 is 55.0 Å². The molecule has 1 fully saturated rings. The zero-order valence-electron chi connectivity index (χ0n) is 35.5. The first-order valence-electron chi connectivity index (χ1n) is 22.8.